The summed E-state index contributed by atoms with van der Waals surface area (Å²) in [6, 6.07) is 11.6. The number of amides is 2. The number of hydrogen-bond acceptors (Lipinski definition) is 7. The second kappa shape index (κ2) is 9.66. The first kappa shape index (κ1) is 23.5. The van der Waals surface area contributed by atoms with Gasteiger partial charge in [0.15, 0.2) is 5.58 Å². The molecule has 0 spiro atoms. The van der Waals surface area contributed by atoms with Crippen molar-refractivity contribution < 1.29 is 22.4 Å². The average molecular weight is 488 g/mol. The Labute approximate surface area is 197 Å². The maximum absolute atomic E-state index is 12.7. The van der Waals surface area contributed by atoms with Crippen LogP contribution in [0.3, 0.4) is 0 Å². The third-order valence-corrected chi connectivity index (χ3v) is 8.52. The molecule has 0 bridgehead atoms. The summed E-state index contributed by atoms with van der Waals surface area (Å²) >= 11 is 1.42. The van der Waals surface area contributed by atoms with Crippen LogP contribution < -0.4 is 0 Å². The summed E-state index contributed by atoms with van der Waals surface area (Å²) in [4.78, 5) is 30.7. The number of nitrogens with zero attached hydrogens (tertiary/aromatic N) is 3. The van der Waals surface area contributed by atoms with Crippen LogP contribution in [-0.2, 0) is 10.0 Å². The van der Waals surface area contributed by atoms with Gasteiger partial charge < -0.3 is 4.42 Å². The van der Waals surface area contributed by atoms with Crippen molar-refractivity contribution in [2.75, 3.05) is 25.4 Å². The quantitative estimate of drug-likeness (QED) is 0.242. The van der Waals surface area contributed by atoms with Crippen LogP contribution in [0.4, 0.5) is 0 Å². The van der Waals surface area contributed by atoms with Crippen molar-refractivity contribution in [3.05, 3.63) is 53.6 Å². The Hall–Kier alpha value is -2.69. The molecule has 0 N–H and O–H groups in total. The molecule has 2 heterocycles. The zero-order chi connectivity index (χ0) is 23.6. The molecule has 0 saturated heterocycles. The zero-order valence-corrected chi connectivity index (χ0v) is 20.1. The van der Waals surface area contributed by atoms with Crippen LogP contribution >= 0.6 is 11.8 Å². The summed E-state index contributed by atoms with van der Waals surface area (Å²) in [7, 11) is -3.56. The van der Waals surface area contributed by atoms with Gasteiger partial charge >= 0.3 is 0 Å². The van der Waals surface area contributed by atoms with Gasteiger partial charge in [-0.3, -0.25) is 14.5 Å². The summed E-state index contributed by atoms with van der Waals surface area (Å²) in [5.41, 5.74) is 1.95. The highest BCUT2D eigenvalue weighted by molar-refractivity contribution is 7.99. The van der Waals surface area contributed by atoms with Crippen LogP contribution in [0.1, 0.15) is 47.4 Å². The predicted molar refractivity (Wildman–Crippen MR) is 126 cm³/mol. The van der Waals surface area contributed by atoms with Gasteiger partial charge in [0, 0.05) is 25.4 Å². The fourth-order valence-electron chi connectivity index (χ4n) is 3.79. The topological polar surface area (TPSA) is 101 Å². The predicted octanol–water partition coefficient (Wildman–Crippen LogP) is 4.03. The first-order valence-corrected chi connectivity index (χ1v) is 13.3. The number of thioether (sulfide) groups is 1. The lowest BCUT2D eigenvalue weighted by Gasteiger charge is -2.18. The molecular weight excluding hydrogens is 462 g/mol. The largest absolute Gasteiger partial charge is 0.431 e. The van der Waals surface area contributed by atoms with Crippen LogP contribution in [0.15, 0.2) is 57.0 Å². The van der Waals surface area contributed by atoms with Crippen molar-refractivity contribution in [1.82, 2.24) is 14.2 Å². The Bertz CT molecular complexity index is 1260. The molecule has 1 aliphatic rings. The maximum atomic E-state index is 12.7. The Balaban J connectivity index is 1.32. The van der Waals surface area contributed by atoms with Gasteiger partial charge in [0.2, 0.25) is 10.0 Å². The Morgan fingerprint density at radius 2 is 1.67 bits per heavy atom. The second-order valence-electron chi connectivity index (χ2n) is 7.56. The normalized spacial score (nSPS) is 14.0. The van der Waals surface area contributed by atoms with Crippen LogP contribution in [0.25, 0.3) is 11.1 Å². The van der Waals surface area contributed by atoms with Crippen molar-refractivity contribution in [2.24, 2.45) is 0 Å². The van der Waals surface area contributed by atoms with Crippen molar-refractivity contribution in [2.45, 2.75) is 36.8 Å². The third-order valence-electron chi connectivity index (χ3n) is 5.56. The van der Waals surface area contributed by atoms with Gasteiger partial charge in [0.1, 0.15) is 5.52 Å². The SMILES string of the molecule is CCN(CC)S(=O)(=O)c1ccc2oc(SCCCCN3C(=O)c4ccccc4C3=O)nc2c1. The number of fused-ring (bicyclic) bond motifs is 2. The van der Waals surface area contributed by atoms with E-state index in [2.05, 4.69) is 4.98 Å². The third kappa shape index (κ3) is 4.55. The van der Waals surface area contributed by atoms with E-state index in [0.717, 1.165) is 6.42 Å². The smallest absolute Gasteiger partial charge is 0.261 e. The van der Waals surface area contributed by atoms with E-state index >= 15 is 0 Å². The first-order chi connectivity index (χ1) is 15.9. The molecular formula is C23H25N3O5S2. The number of benzene rings is 2. The number of oxazole rings is 1. The summed E-state index contributed by atoms with van der Waals surface area (Å²) in [6.45, 7) is 4.78. The van der Waals surface area contributed by atoms with Gasteiger partial charge in [-0.15, -0.1) is 0 Å². The van der Waals surface area contributed by atoms with Crippen molar-refractivity contribution in [3.63, 3.8) is 0 Å². The molecule has 0 aliphatic carbocycles. The maximum Gasteiger partial charge on any atom is 0.261 e. The molecule has 0 radical (unpaired) electrons. The van der Waals surface area contributed by atoms with Gasteiger partial charge in [-0.05, 0) is 43.2 Å². The van der Waals surface area contributed by atoms with Gasteiger partial charge in [0.25, 0.3) is 17.0 Å². The molecule has 1 aliphatic heterocycles. The lowest BCUT2D eigenvalue weighted by molar-refractivity contribution is 0.0652. The Morgan fingerprint density at radius 3 is 2.30 bits per heavy atom. The minimum atomic E-state index is -3.56. The molecule has 0 atom stereocenters. The highest BCUT2D eigenvalue weighted by Gasteiger charge is 2.34. The van der Waals surface area contributed by atoms with Crippen molar-refractivity contribution >= 4 is 44.7 Å². The number of sulfonamides is 1. The lowest BCUT2D eigenvalue weighted by Crippen LogP contribution is -2.30. The second-order valence-corrected chi connectivity index (χ2v) is 10.5. The van der Waals surface area contributed by atoms with E-state index in [0.29, 0.717) is 59.3 Å². The molecule has 174 valence electrons. The molecule has 4 rings (SSSR count). The summed E-state index contributed by atoms with van der Waals surface area (Å²) in [5.74, 6) is 0.219. The number of hydrogen-bond donors (Lipinski definition) is 0. The van der Waals surface area contributed by atoms with Gasteiger partial charge in [0.05, 0.1) is 16.0 Å². The molecule has 2 aromatic carbocycles. The van der Waals surface area contributed by atoms with E-state index in [1.807, 2.05) is 0 Å². The Morgan fingerprint density at radius 1 is 1.00 bits per heavy atom. The molecule has 0 saturated carbocycles. The van der Waals surface area contributed by atoms with E-state index in [9.17, 15) is 18.0 Å². The monoisotopic (exact) mass is 487 g/mol. The zero-order valence-electron chi connectivity index (χ0n) is 18.5. The fourth-order valence-corrected chi connectivity index (χ4v) is 6.11. The van der Waals surface area contributed by atoms with Crippen LogP contribution in [0.5, 0.6) is 0 Å². The van der Waals surface area contributed by atoms with E-state index in [1.165, 1.54) is 27.0 Å². The van der Waals surface area contributed by atoms with Crippen LogP contribution in [-0.4, -0.2) is 59.8 Å². The van der Waals surface area contributed by atoms with E-state index < -0.39 is 10.0 Å². The van der Waals surface area contributed by atoms with Crippen molar-refractivity contribution in [1.29, 1.82) is 0 Å². The Kier molecular flexibility index (Phi) is 6.87. The van der Waals surface area contributed by atoms with Crippen LogP contribution in [0.2, 0.25) is 0 Å². The average Bonchev–Trinajstić information content (AvgIpc) is 3.33. The van der Waals surface area contributed by atoms with Crippen molar-refractivity contribution in [3.8, 4) is 0 Å². The number of rotatable bonds is 10. The minimum absolute atomic E-state index is 0.199. The number of unbranched alkanes of at least 4 members (excludes halogenated alkanes) is 1. The highest BCUT2D eigenvalue weighted by atomic mass is 32.2. The van der Waals surface area contributed by atoms with Crippen LogP contribution in [0, 0.1) is 0 Å². The molecule has 8 nitrogen and oxygen atoms in total. The van der Waals surface area contributed by atoms with Gasteiger partial charge in [-0.25, -0.2) is 13.4 Å². The van der Waals surface area contributed by atoms with E-state index in [4.69, 9.17) is 4.42 Å². The number of carbonyl (C=O) groups excluding carboxylic acids is 2. The molecule has 1 aromatic heterocycles. The summed E-state index contributed by atoms with van der Waals surface area (Å²) in [5, 5.41) is 0.461. The molecule has 3 aromatic rings. The molecule has 0 fully saturated rings. The van der Waals surface area contributed by atoms with Gasteiger partial charge in [-0.2, -0.15) is 4.31 Å². The van der Waals surface area contributed by atoms with E-state index in [1.54, 1.807) is 50.2 Å². The molecule has 10 heteroatoms. The lowest BCUT2D eigenvalue weighted by atomic mass is 10.1. The summed E-state index contributed by atoms with van der Waals surface area (Å²) in [6.07, 6.45) is 1.43. The number of carbonyl (C=O) groups is 2. The fraction of sp³-hybridized carbons (Fsp3) is 0.348. The molecule has 2 amide bonds. The summed E-state index contributed by atoms with van der Waals surface area (Å²) < 4.78 is 32.6. The van der Waals surface area contributed by atoms with E-state index in [-0.39, 0.29) is 16.7 Å². The standard InChI is InChI=1S/C23H25N3O5S2/c1-3-25(4-2)33(29,30)16-11-12-20-19(15-16)24-23(31-20)32-14-8-7-13-26-21(27)17-9-5-6-10-18(17)22(26)28/h5-6,9-12,15H,3-4,7-8,13-14H2,1-2H3. The number of aromatic nitrogens is 1. The van der Waals surface area contributed by atoms with Gasteiger partial charge in [-0.1, -0.05) is 37.7 Å². The highest BCUT2D eigenvalue weighted by Crippen LogP contribution is 2.28. The number of imide groups is 1. The molecule has 33 heavy (non-hydrogen) atoms. The molecule has 0 unspecified atom stereocenters. The minimum Gasteiger partial charge on any atom is -0.431 e. The first-order valence-electron chi connectivity index (χ1n) is 10.9.